The van der Waals surface area contributed by atoms with Gasteiger partial charge in [0, 0.05) is 51.9 Å². The van der Waals surface area contributed by atoms with Crippen molar-refractivity contribution in [2.24, 2.45) is 0 Å². The van der Waals surface area contributed by atoms with Gasteiger partial charge in [-0.25, -0.2) is 9.97 Å². The van der Waals surface area contributed by atoms with Crippen LogP contribution < -0.4 is 16.0 Å². The number of nitrogens with zero attached hydrogens (tertiary/aromatic N) is 4. The molecule has 0 unspecified atom stereocenters. The third kappa shape index (κ3) is 5.69. The van der Waals surface area contributed by atoms with E-state index in [0.29, 0.717) is 41.0 Å². The number of carbonyl (C=O) groups excluding carboxylic acids is 2. The zero-order chi connectivity index (χ0) is 27.5. The minimum atomic E-state index is -0.184. The first kappa shape index (κ1) is 25.3. The van der Waals surface area contributed by atoms with Gasteiger partial charge in [-0.3, -0.25) is 14.3 Å². The Morgan fingerprint density at radius 3 is 2.65 bits per heavy atom. The first-order valence-electron chi connectivity index (χ1n) is 12.7. The summed E-state index contributed by atoms with van der Waals surface area (Å²) in [7, 11) is 0. The molecule has 2 amide bonds. The van der Waals surface area contributed by atoms with Crippen LogP contribution in [0, 0.1) is 0 Å². The molecule has 0 spiro atoms. The van der Waals surface area contributed by atoms with E-state index < -0.39 is 0 Å². The molecule has 0 saturated heterocycles. The number of halogens is 1. The first-order chi connectivity index (χ1) is 19.5. The molecule has 0 radical (unpaired) electrons. The highest BCUT2D eigenvalue weighted by molar-refractivity contribution is 6.31. The van der Waals surface area contributed by atoms with Crippen LogP contribution in [0.1, 0.15) is 27.0 Å². The van der Waals surface area contributed by atoms with Gasteiger partial charge in [0.25, 0.3) is 5.91 Å². The zero-order valence-electron chi connectivity index (χ0n) is 21.3. The molecule has 10 heteroatoms. The van der Waals surface area contributed by atoms with E-state index in [-0.39, 0.29) is 18.2 Å². The molecule has 1 aliphatic heterocycles. The minimum absolute atomic E-state index is 0.151. The van der Waals surface area contributed by atoms with Crippen molar-refractivity contribution < 1.29 is 9.59 Å². The van der Waals surface area contributed by atoms with Gasteiger partial charge in [0.2, 0.25) is 11.9 Å². The quantitative estimate of drug-likeness (QED) is 0.257. The minimum Gasteiger partial charge on any atom is -0.348 e. The molecule has 198 valence electrons. The summed E-state index contributed by atoms with van der Waals surface area (Å²) in [6.07, 6.45) is 5.51. The number of carbonyl (C=O) groups is 2. The summed E-state index contributed by atoms with van der Waals surface area (Å²) in [6.45, 7) is 1.05. The maximum absolute atomic E-state index is 12.7. The van der Waals surface area contributed by atoms with E-state index in [2.05, 4.69) is 43.1 Å². The van der Waals surface area contributed by atoms with Crippen molar-refractivity contribution >= 4 is 40.7 Å². The summed E-state index contributed by atoms with van der Waals surface area (Å²) in [4.78, 5) is 34.1. The fraction of sp³-hybridized carbons (Fsp3) is 0.100. The molecule has 1 aliphatic rings. The number of rotatable bonds is 7. The molecular weight excluding hydrogens is 526 g/mol. The van der Waals surface area contributed by atoms with Crippen LogP contribution in [-0.4, -0.2) is 31.6 Å². The zero-order valence-corrected chi connectivity index (χ0v) is 22.0. The Labute approximate surface area is 235 Å². The average Bonchev–Trinajstić information content (AvgIpc) is 3.35. The van der Waals surface area contributed by atoms with Crippen molar-refractivity contribution in [3.05, 3.63) is 119 Å². The van der Waals surface area contributed by atoms with Crippen molar-refractivity contribution in [3.63, 3.8) is 0 Å². The molecule has 6 rings (SSSR count). The highest BCUT2D eigenvalue weighted by Gasteiger charge is 2.21. The lowest BCUT2D eigenvalue weighted by molar-refractivity contribution is -0.115. The van der Waals surface area contributed by atoms with E-state index in [0.717, 1.165) is 27.9 Å². The van der Waals surface area contributed by atoms with Gasteiger partial charge in [-0.2, -0.15) is 5.10 Å². The van der Waals surface area contributed by atoms with Crippen LogP contribution in [0.2, 0.25) is 5.02 Å². The molecule has 5 aromatic rings. The van der Waals surface area contributed by atoms with Crippen LogP contribution in [0.15, 0.2) is 91.4 Å². The number of nitrogens with one attached hydrogen (secondary N) is 3. The van der Waals surface area contributed by atoms with E-state index in [9.17, 15) is 9.59 Å². The molecule has 0 atom stereocenters. The van der Waals surface area contributed by atoms with Crippen molar-refractivity contribution in [2.75, 3.05) is 10.6 Å². The van der Waals surface area contributed by atoms with Gasteiger partial charge < -0.3 is 16.0 Å². The van der Waals surface area contributed by atoms with E-state index >= 15 is 0 Å². The van der Waals surface area contributed by atoms with E-state index in [1.807, 2.05) is 35.1 Å². The summed E-state index contributed by atoms with van der Waals surface area (Å²) >= 11 is 6.13. The van der Waals surface area contributed by atoms with Crippen LogP contribution >= 0.6 is 11.6 Å². The fourth-order valence-electron chi connectivity index (χ4n) is 4.50. The summed E-state index contributed by atoms with van der Waals surface area (Å²) in [5, 5.41) is 13.9. The standard InChI is InChI=1S/C30H24ClN7O2/c31-23-8-11-25-26(13-23)36-27(39)12-22-16-33-30(37-28(22)25)35-24-9-6-21(7-10-24)29(40)32-14-20-15-34-38(18-20)17-19-4-2-1-3-5-19/h1-11,13,15-16,18H,12,14,17H2,(H,32,40)(H,36,39)(H,33,35,37). The molecular formula is C30H24ClN7O2. The van der Waals surface area contributed by atoms with Gasteiger partial charge >= 0.3 is 0 Å². The average molecular weight is 550 g/mol. The monoisotopic (exact) mass is 549 g/mol. The number of anilines is 3. The molecule has 40 heavy (non-hydrogen) atoms. The van der Waals surface area contributed by atoms with Crippen LogP contribution in [-0.2, 0) is 24.3 Å². The van der Waals surface area contributed by atoms with Crippen molar-refractivity contribution in [2.45, 2.75) is 19.5 Å². The number of hydrogen-bond donors (Lipinski definition) is 3. The second-order valence-corrected chi connectivity index (χ2v) is 9.84. The summed E-state index contributed by atoms with van der Waals surface area (Å²) in [5.41, 5.74) is 6.09. The molecule has 9 nitrogen and oxygen atoms in total. The molecule has 3 N–H and O–H groups in total. The Kier molecular flexibility index (Phi) is 6.95. The number of benzene rings is 3. The third-order valence-corrected chi connectivity index (χ3v) is 6.69. The van der Waals surface area contributed by atoms with Gasteiger partial charge in [0.05, 0.1) is 30.5 Å². The van der Waals surface area contributed by atoms with Crippen LogP contribution in [0.25, 0.3) is 11.3 Å². The molecule has 3 aromatic carbocycles. The third-order valence-electron chi connectivity index (χ3n) is 6.46. The maximum atomic E-state index is 12.7. The highest BCUT2D eigenvalue weighted by Crippen LogP contribution is 2.34. The smallest absolute Gasteiger partial charge is 0.251 e. The summed E-state index contributed by atoms with van der Waals surface area (Å²) in [5.74, 6) is 0.0382. The summed E-state index contributed by atoms with van der Waals surface area (Å²) in [6, 6.07) is 22.4. The van der Waals surface area contributed by atoms with Crippen molar-refractivity contribution in [1.29, 1.82) is 0 Å². The molecule has 3 heterocycles. The molecule has 2 aromatic heterocycles. The SMILES string of the molecule is O=C1Cc2cnc(Nc3ccc(C(=O)NCc4cnn(Cc5ccccc5)c4)cc3)nc2-c2ccc(Cl)cc2N1. The Morgan fingerprint density at radius 1 is 1.00 bits per heavy atom. The second kappa shape index (κ2) is 11.0. The lowest BCUT2D eigenvalue weighted by atomic mass is 10.1. The lowest BCUT2D eigenvalue weighted by Gasteiger charge is -2.11. The number of hydrogen-bond acceptors (Lipinski definition) is 6. The van der Waals surface area contributed by atoms with Gasteiger partial charge in [-0.05, 0) is 48.0 Å². The highest BCUT2D eigenvalue weighted by atomic mass is 35.5. The number of amides is 2. The normalized spacial score (nSPS) is 12.1. The van der Waals surface area contributed by atoms with Crippen LogP contribution in [0.5, 0.6) is 0 Å². The maximum Gasteiger partial charge on any atom is 0.251 e. The lowest BCUT2D eigenvalue weighted by Crippen LogP contribution is -2.22. The Morgan fingerprint density at radius 2 is 1.82 bits per heavy atom. The topological polar surface area (TPSA) is 114 Å². The van der Waals surface area contributed by atoms with Gasteiger partial charge in [-0.15, -0.1) is 0 Å². The molecule has 0 bridgehead atoms. The van der Waals surface area contributed by atoms with Crippen molar-refractivity contribution in [1.82, 2.24) is 25.1 Å². The molecule has 0 fully saturated rings. The number of fused-ring (bicyclic) bond motifs is 3. The Balaban J connectivity index is 1.10. The molecule has 0 aliphatic carbocycles. The Bertz CT molecular complexity index is 1700. The summed E-state index contributed by atoms with van der Waals surface area (Å²) < 4.78 is 1.85. The van der Waals surface area contributed by atoms with Crippen molar-refractivity contribution in [3.8, 4) is 11.3 Å². The number of aromatic nitrogens is 4. The van der Waals surface area contributed by atoms with Gasteiger partial charge in [0.1, 0.15) is 0 Å². The van der Waals surface area contributed by atoms with E-state index in [4.69, 9.17) is 11.6 Å². The first-order valence-corrected chi connectivity index (χ1v) is 13.0. The van der Waals surface area contributed by atoms with Gasteiger partial charge in [-0.1, -0.05) is 41.9 Å². The van der Waals surface area contributed by atoms with Gasteiger partial charge in [0.15, 0.2) is 0 Å². The van der Waals surface area contributed by atoms with E-state index in [1.54, 1.807) is 48.8 Å². The fourth-order valence-corrected chi connectivity index (χ4v) is 4.67. The second-order valence-electron chi connectivity index (χ2n) is 9.40. The van der Waals surface area contributed by atoms with Crippen LogP contribution in [0.4, 0.5) is 17.3 Å². The van der Waals surface area contributed by atoms with E-state index in [1.165, 1.54) is 0 Å². The largest absolute Gasteiger partial charge is 0.348 e. The predicted octanol–water partition coefficient (Wildman–Crippen LogP) is 5.21. The molecule has 0 saturated carbocycles. The Hall–Kier alpha value is -5.02. The van der Waals surface area contributed by atoms with Crippen LogP contribution in [0.3, 0.4) is 0 Å². The predicted molar refractivity (Wildman–Crippen MR) is 153 cm³/mol.